The standard InChI is InChI=1S/C20H31N5.HI/c1-6-17-10-8-9-11-18(17)14-23-20(21-7-2)22-13-12-19-15(3)24-25(5)16(19)4;/h8-11H,6-7,12-14H2,1-5H3,(H2,21,22,23);1H. The third kappa shape index (κ3) is 6.00. The number of nitrogens with zero attached hydrogens (tertiary/aromatic N) is 3. The van der Waals surface area contributed by atoms with Crippen molar-refractivity contribution < 1.29 is 0 Å². The van der Waals surface area contributed by atoms with Gasteiger partial charge in [-0.1, -0.05) is 31.2 Å². The summed E-state index contributed by atoms with van der Waals surface area (Å²) in [5.41, 5.74) is 6.32. The fraction of sp³-hybridized carbons (Fsp3) is 0.500. The van der Waals surface area contributed by atoms with Gasteiger partial charge in [0.25, 0.3) is 0 Å². The van der Waals surface area contributed by atoms with E-state index >= 15 is 0 Å². The van der Waals surface area contributed by atoms with Crippen molar-refractivity contribution in [1.82, 2.24) is 20.4 Å². The zero-order valence-electron chi connectivity index (χ0n) is 16.6. The second kappa shape index (κ2) is 11.2. The summed E-state index contributed by atoms with van der Waals surface area (Å²) in [7, 11) is 2.00. The topological polar surface area (TPSA) is 54.2 Å². The van der Waals surface area contributed by atoms with Crippen LogP contribution in [0.3, 0.4) is 0 Å². The van der Waals surface area contributed by atoms with Crippen molar-refractivity contribution in [3.05, 3.63) is 52.3 Å². The lowest BCUT2D eigenvalue weighted by Crippen LogP contribution is -2.38. The molecule has 0 bridgehead atoms. The van der Waals surface area contributed by atoms with E-state index in [1.165, 1.54) is 22.4 Å². The highest BCUT2D eigenvalue weighted by atomic mass is 127. The lowest BCUT2D eigenvalue weighted by atomic mass is 10.1. The first-order valence-corrected chi connectivity index (χ1v) is 9.14. The highest BCUT2D eigenvalue weighted by Crippen LogP contribution is 2.12. The maximum Gasteiger partial charge on any atom is 0.191 e. The van der Waals surface area contributed by atoms with E-state index < -0.39 is 0 Å². The van der Waals surface area contributed by atoms with E-state index in [4.69, 9.17) is 4.99 Å². The molecule has 1 aromatic carbocycles. The molecule has 144 valence electrons. The third-order valence-corrected chi connectivity index (χ3v) is 4.58. The van der Waals surface area contributed by atoms with Gasteiger partial charge >= 0.3 is 0 Å². The van der Waals surface area contributed by atoms with Crippen LogP contribution in [0.2, 0.25) is 0 Å². The summed E-state index contributed by atoms with van der Waals surface area (Å²) in [5.74, 6) is 0.868. The minimum atomic E-state index is 0. The van der Waals surface area contributed by atoms with Gasteiger partial charge in [0.15, 0.2) is 5.96 Å². The maximum absolute atomic E-state index is 4.75. The van der Waals surface area contributed by atoms with Gasteiger partial charge < -0.3 is 10.6 Å². The summed E-state index contributed by atoms with van der Waals surface area (Å²) in [6.45, 7) is 10.9. The van der Waals surface area contributed by atoms with Crippen molar-refractivity contribution in [2.24, 2.45) is 12.0 Å². The van der Waals surface area contributed by atoms with Crippen molar-refractivity contribution in [2.75, 3.05) is 13.1 Å². The molecule has 0 unspecified atom stereocenters. The van der Waals surface area contributed by atoms with Gasteiger partial charge in [0.05, 0.1) is 12.2 Å². The molecular formula is C20H32IN5. The number of nitrogens with one attached hydrogen (secondary N) is 2. The number of rotatable bonds is 7. The minimum Gasteiger partial charge on any atom is -0.357 e. The van der Waals surface area contributed by atoms with E-state index in [1.54, 1.807) is 0 Å². The molecule has 2 aromatic rings. The van der Waals surface area contributed by atoms with Crippen molar-refractivity contribution in [3.8, 4) is 0 Å². The lowest BCUT2D eigenvalue weighted by Gasteiger charge is -2.12. The first-order valence-electron chi connectivity index (χ1n) is 9.14. The Bertz CT molecular complexity index is 721. The van der Waals surface area contributed by atoms with Crippen molar-refractivity contribution in [1.29, 1.82) is 0 Å². The molecule has 0 aliphatic heterocycles. The van der Waals surface area contributed by atoms with Crippen LogP contribution >= 0.6 is 24.0 Å². The third-order valence-electron chi connectivity index (χ3n) is 4.58. The minimum absolute atomic E-state index is 0. The fourth-order valence-electron chi connectivity index (χ4n) is 3.05. The van der Waals surface area contributed by atoms with Crippen molar-refractivity contribution in [3.63, 3.8) is 0 Å². The maximum atomic E-state index is 4.75. The molecule has 0 fully saturated rings. The molecule has 2 N–H and O–H groups in total. The molecule has 0 aliphatic rings. The van der Waals surface area contributed by atoms with Gasteiger partial charge in [0.2, 0.25) is 0 Å². The van der Waals surface area contributed by atoms with Gasteiger partial charge in [-0.05, 0) is 50.3 Å². The average molecular weight is 469 g/mol. The number of aromatic nitrogens is 2. The molecule has 0 radical (unpaired) electrons. The van der Waals surface area contributed by atoms with Crippen LogP contribution in [0.5, 0.6) is 0 Å². The molecule has 0 atom stereocenters. The summed E-state index contributed by atoms with van der Waals surface area (Å²) in [6.07, 6.45) is 1.98. The quantitative estimate of drug-likeness (QED) is 0.371. The predicted octanol–water partition coefficient (Wildman–Crippen LogP) is 3.52. The van der Waals surface area contributed by atoms with E-state index in [-0.39, 0.29) is 24.0 Å². The first kappa shape index (κ1) is 22.5. The SMILES string of the molecule is CCNC(=NCc1ccccc1CC)NCCc1c(C)nn(C)c1C.I. The van der Waals surface area contributed by atoms with Gasteiger partial charge in [-0.2, -0.15) is 5.10 Å². The lowest BCUT2D eigenvalue weighted by molar-refractivity contribution is 0.729. The van der Waals surface area contributed by atoms with Crippen LogP contribution in [0.25, 0.3) is 0 Å². The summed E-state index contributed by atoms with van der Waals surface area (Å²) in [4.78, 5) is 4.75. The monoisotopic (exact) mass is 469 g/mol. The molecular weight excluding hydrogens is 437 g/mol. The molecule has 0 saturated carbocycles. The molecule has 2 rings (SSSR count). The van der Waals surface area contributed by atoms with E-state index in [9.17, 15) is 0 Å². The van der Waals surface area contributed by atoms with Crippen LogP contribution in [-0.4, -0.2) is 28.8 Å². The second-order valence-electron chi connectivity index (χ2n) is 6.27. The zero-order chi connectivity index (χ0) is 18.2. The van der Waals surface area contributed by atoms with Crippen LogP contribution in [0, 0.1) is 13.8 Å². The summed E-state index contributed by atoms with van der Waals surface area (Å²) in [5, 5.41) is 11.3. The van der Waals surface area contributed by atoms with Gasteiger partial charge in [0, 0.05) is 25.8 Å². The Morgan fingerprint density at radius 2 is 1.81 bits per heavy atom. The van der Waals surface area contributed by atoms with E-state index in [0.717, 1.165) is 37.6 Å². The fourth-order valence-corrected chi connectivity index (χ4v) is 3.05. The summed E-state index contributed by atoms with van der Waals surface area (Å²) >= 11 is 0. The zero-order valence-corrected chi connectivity index (χ0v) is 18.9. The average Bonchev–Trinajstić information content (AvgIpc) is 2.85. The van der Waals surface area contributed by atoms with Crippen LogP contribution in [-0.2, 0) is 26.4 Å². The number of aryl methyl sites for hydroxylation is 3. The van der Waals surface area contributed by atoms with Gasteiger partial charge in [-0.3, -0.25) is 4.68 Å². The smallest absolute Gasteiger partial charge is 0.191 e. The number of halogens is 1. The summed E-state index contributed by atoms with van der Waals surface area (Å²) in [6, 6.07) is 8.51. The molecule has 0 spiro atoms. The second-order valence-corrected chi connectivity index (χ2v) is 6.27. The number of aliphatic imine (C=N–C) groups is 1. The molecule has 26 heavy (non-hydrogen) atoms. The molecule has 1 heterocycles. The largest absolute Gasteiger partial charge is 0.357 e. The number of hydrogen-bond donors (Lipinski definition) is 2. The Kier molecular flexibility index (Phi) is 9.69. The van der Waals surface area contributed by atoms with Crippen LogP contribution in [0.4, 0.5) is 0 Å². The number of guanidine groups is 1. The Balaban J connectivity index is 0.00000338. The van der Waals surface area contributed by atoms with E-state index in [1.807, 2.05) is 11.7 Å². The van der Waals surface area contributed by atoms with Crippen molar-refractivity contribution >= 4 is 29.9 Å². The first-order chi connectivity index (χ1) is 12.1. The Morgan fingerprint density at radius 3 is 2.38 bits per heavy atom. The molecule has 6 heteroatoms. The van der Waals surface area contributed by atoms with Crippen LogP contribution < -0.4 is 10.6 Å². The Morgan fingerprint density at radius 1 is 1.12 bits per heavy atom. The Labute approximate surface area is 174 Å². The molecule has 0 saturated heterocycles. The van der Waals surface area contributed by atoms with E-state index in [0.29, 0.717) is 6.54 Å². The highest BCUT2D eigenvalue weighted by molar-refractivity contribution is 14.0. The summed E-state index contributed by atoms with van der Waals surface area (Å²) < 4.78 is 1.95. The van der Waals surface area contributed by atoms with Crippen LogP contribution in [0.15, 0.2) is 29.3 Å². The number of benzene rings is 1. The van der Waals surface area contributed by atoms with Crippen LogP contribution in [0.1, 0.15) is 41.9 Å². The predicted molar refractivity (Wildman–Crippen MR) is 120 cm³/mol. The van der Waals surface area contributed by atoms with Gasteiger partial charge in [0.1, 0.15) is 0 Å². The highest BCUT2D eigenvalue weighted by Gasteiger charge is 2.09. The van der Waals surface area contributed by atoms with Gasteiger partial charge in [-0.25, -0.2) is 4.99 Å². The Hall–Kier alpha value is -1.57. The van der Waals surface area contributed by atoms with Crippen molar-refractivity contribution in [2.45, 2.75) is 47.1 Å². The number of hydrogen-bond acceptors (Lipinski definition) is 2. The molecule has 0 aliphatic carbocycles. The molecule has 1 aromatic heterocycles. The van der Waals surface area contributed by atoms with Gasteiger partial charge in [-0.15, -0.1) is 24.0 Å². The van der Waals surface area contributed by atoms with E-state index in [2.05, 4.69) is 67.7 Å². The molecule has 5 nitrogen and oxygen atoms in total. The normalized spacial score (nSPS) is 11.2. The molecule has 0 amide bonds.